The normalized spacial score (nSPS) is 16.4. The highest BCUT2D eigenvalue weighted by molar-refractivity contribution is 7.22. The summed E-state index contributed by atoms with van der Waals surface area (Å²) in [5.74, 6) is -1.70. The van der Waals surface area contributed by atoms with Crippen LogP contribution in [0.5, 0.6) is 5.75 Å². The van der Waals surface area contributed by atoms with Crippen molar-refractivity contribution in [1.82, 2.24) is 4.98 Å². The molecule has 1 aliphatic heterocycles. The van der Waals surface area contributed by atoms with Crippen molar-refractivity contribution in [2.75, 3.05) is 4.90 Å². The molecule has 8 heteroatoms. The van der Waals surface area contributed by atoms with E-state index in [9.17, 15) is 19.8 Å². The van der Waals surface area contributed by atoms with Gasteiger partial charge in [-0.1, -0.05) is 35.6 Å². The number of rotatable bonds is 4. The molecule has 0 aliphatic carbocycles. The van der Waals surface area contributed by atoms with E-state index < -0.39 is 23.5 Å². The number of hydrogen-bond acceptors (Lipinski definition) is 7. The lowest BCUT2D eigenvalue weighted by molar-refractivity contribution is -0.117. The van der Waals surface area contributed by atoms with Crippen LogP contribution in [0.3, 0.4) is 0 Å². The number of fused-ring (bicyclic) bond motifs is 1. The van der Waals surface area contributed by atoms with E-state index in [4.69, 9.17) is 0 Å². The van der Waals surface area contributed by atoms with E-state index in [0.717, 1.165) is 21.3 Å². The molecule has 2 aromatic carbocycles. The lowest BCUT2D eigenvalue weighted by atomic mass is 9.95. The van der Waals surface area contributed by atoms with E-state index >= 15 is 0 Å². The molecule has 1 unspecified atom stereocenters. The first-order valence-electron chi connectivity index (χ1n) is 9.86. The minimum Gasteiger partial charge on any atom is -0.508 e. The Morgan fingerprint density at radius 2 is 1.91 bits per heavy atom. The minimum atomic E-state index is -0.911. The highest BCUT2D eigenvalue weighted by Crippen LogP contribution is 2.45. The molecule has 32 heavy (non-hydrogen) atoms. The van der Waals surface area contributed by atoms with Gasteiger partial charge < -0.3 is 10.2 Å². The second kappa shape index (κ2) is 7.58. The topological polar surface area (TPSA) is 90.7 Å². The van der Waals surface area contributed by atoms with Gasteiger partial charge in [0.15, 0.2) is 10.9 Å². The van der Waals surface area contributed by atoms with Crippen molar-refractivity contribution in [3.05, 3.63) is 86.8 Å². The van der Waals surface area contributed by atoms with Crippen LogP contribution in [-0.4, -0.2) is 26.9 Å². The van der Waals surface area contributed by atoms with Gasteiger partial charge in [-0.2, -0.15) is 0 Å². The number of amides is 1. The Hall–Kier alpha value is -3.49. The fourth-order valence-electron chi connectivity index (χ4n) is 4.05. The molecule has 160 valence electrons. The molecule has 0 spiro atoms. The standard InChI is InChI=1S/C24H18N2O4S2/c1-12-9-13(2)19-17(10-12)32-24(25-19)26-20(14-5-3-6-15(27)11-14)18(22(29)23(26)30)21(28)16-7-4-8-31-16/h3-11,20,27,29H,1-2H3. The van der Waals surface area contributed by atoms with Gasteiger partial charge in [-0.25, -0.2) is 4.98 Å². The first-order valence-corrected chi connectivity index (χ1v) is 11.6. The molecule has 0 saturated heterocycles. The molecule has 2 N–H and O–H groups in total. The average molecular weight is 463 g/mol. The van der Waals surface area contributed by atoms with E-state index in [-0.39, 0.29) is 11.3 Å². The summed E-state index contributed by atoms with van der Waals surface area (Å²) < 4.78 is 0.914. The number of aryl methyl sites for hydroxylation is 2. The zero-order valence-corrected chi connectivity index (χ0v) is 18.8. The number of ketones is 1. The van der Waals surface area contributed by atoms with E-state index in [0.29, 0.717) is 15.6 Å². The number of Topliss-reactive ketones (excluding diaryl/α,β-unsaturated/α-hetero) is 1. The zero-order valence-electron chi connectivity index (χ0n) is 17.2. The monoisotopic (exact) mass is 462 g/mol. The quantitative estimate of drug-likeness (QED) is 0.393. The minimum absolute atomic E-state index is 0.0000181. The molecule has 4 aromatic rings. The molecule has 0 fully saturated rings. The summed E-state index contributed by atoms with van der Waals surface area (Å²) in [7, 11) is 0. The molecule has 6 nitrogen and oxygen atoms in total. The molecule has 0 bridgehead atoms. The van der Waals surface area contributed by atoms with Crippen molar-refractivity contribution in [3.63, 3.8) is 0 Å². The van der Waals surface area contributed by atoms with Crippen LogP contribution in [0.1, 0.15) is 32.4 Å². The van der Waals surface area contributed by atoms with Gasteiger partial charge in [-0.05, 0) is 60.2 Å². The number of carbonyl (C=O) groups is 2. The number of aromatic nitrogens is 1. The number of aliphatic hydroxyl groups is 1. The Balaban J connectivity index is 1.71. The number of thiophene rings is 1. The fraction of sp³-hybridized carbons (Fsp3) is 0.125. The first-order chi connectivity index (χ1) is 15.3. The number of hydrogen-bond donors (Lipinski definition) is 2. The van der Waals surface area contributed by atoms with Gasteiger partial charge in [-0.3, -0.25) is 14.5 Å². The number of phenols is 1. The van der Waals surface area contributed by atoms with Crippen molar-refractivity contribution < 1.29 is 19.8 Å². The molecule has 1 amide bonds. The van der Waals surface area contributed by atoms with Crippen LogP contribution in [0, 0.1) is 13.8 Å². The van der Waals surface area contributed by atoms with E-state index in [1.54, 1.807) is 29.6 Å². The number of anilines is 1. The molecular weight excluding hydrogens is 444 g/mol. The van der Waals surface area contributed by atoms with Crippen molar-refractivity contribution in [2.24, 2.45) is 0 Å². The summed E-state index contributed by atoms with van der Waals surface area (Å²) in [5, 5.41) is 23.0. The van der Waals surface area contributed by atoms with Crippen LogP contribution in [0.4, 0.5) is 5.13 Å². The lowest BCUT2D eigenvalue weighted by Gasteiger charge is -2.24. The van der Waals surface area contributed by atoms with Crippen LogP contribution in [0.2, 0.25) is 0 Å². The Bertz CT molecular complexity index is 1420. The number of benzene rings is 2. The number of aliphatic hydroxyl groups excluding tert-OH is 1. The van der Waals surface area contributed by atoms with E-state index in [1.165, 1.54) is 39.7 Å². The third-order valence-corrected chi connectivity index (χ3v) is 7.28. The molecular formula is C24H18N2O4S2. The van der Waals surface area contributed by atoms with Crippen LogP contribution < -0.4 is 4.90 Å². The second-order valence-corrected chi connectivity index (χ2v) is 9.62. The summed E-state index contributed by atoms with van der Waals surface area (Å²) in [6.07, 6.45) is 0. The number of thiazole rings is 1. The molecule has 0 saturated carbocycles. The largest absolute Gasteiger partial charge is 0.508 e. The van der Waals surface area contributed by atoms with Gasteiger partial charge in [0.2, 0.25) is 5.78 Å². The Morgan fingerprint density at radius 1 is 1.09 bits per heavy atom. The Kier molecular flexibility index (Phi) is 4.83. The number of nitrogens with zero attached hydrogens (tertiary/aromatic N) is 2. The van der Waals surface area contributed by atoms with Gasteiger partial charge in [0.1, 0.15) is 5.75 Å². The fourth-order valence-corrected chi connectivity index (χ4v) is 5.89. The summed E-state index contributed by atoms with van der Waals surface area (Å²) in [5.41, 5.74) is 3.33. The van der Waals surface area contributed by atoms with Gasteiger partial charge in [-0.15, -0.1) is 11.3 Å². The van der Waals surface area contributed by atoms with E-state index in [2.05, 4.69) is 4.98 Å². The maximum atomic E-state index is 13.3. The highest BCUT2D eigenvalue weighted by atomic mass is 32.1. The van der Waals surface area contributed by atoms with Gasteiger partial charge in [0.05, 0.1) is 26.7 Å². The SMILES string of the molecule is Cc1cc(C)c2nc(N3C(=O)C(O)=C(C(=O)c4cccs4)C3c3cccc(O)c3)sc2c1. The lowest BCUT2D eigenvalue weighted by Crippen LogP contribution is -2.30. The summed E-state index contributed by atoms with van der Waals surface area (Å²) in [4.78, 5) is 33.0. The van der Waals surface area contributed by atoms with Gasteiger partial charge in [0.25, 0.3) is 5.91 Å². The molecule has 1 aliphatic rings. The Labute approximate surface area is 191 Å². The molecule has 5 rings (SSSR count). The maximum absolute atomic E-state index is 13.3. The second-order valence-electron chi connectivity index (χ2n) is 7.67. The van der Waals surface area contributed by atoms with Crippen molar-refractivity contribution in [3.8, 4) is 5.75 Å². The Morgan fingerprint density at radius 3 is 2.62 bits per heavy atom. The van der Waals surface area contributed by atoms with Crippen molar-refractivity contribution in [2.45, 2.75) is 19.9 Å². The third kappa shape index (κ3) is 3.19. The predicted octanol–water partition coefficient (Wildman–Crippen LogP) is 5.46. The maximum Gasteiger partial charge on any atom is 0.296 e. The van der Waals surface area contributed by atoms with Crippen LogP contribution in [0.15, 0.2) is 65.2 Å². The molecule has 3 heterocycles. The highest BCUT2D eigenvalue weighted by Gasteiger charge is 2.46. The van der Waals surface area contributed by atoms with Crippen molar-refractivity contribution in [1.29, 1.82) is 0 Å². The smallest absolute Gasteiger partial charge is 0.296 e. The zero-order chi connectivity index (χ0) is 22.6. The van der Waals surface area contributed by atoms with Gasteiger partial charge >= 0.3 is 0 Å². The molecule has 1 atom stereocenters. The average Bonchev–Trinajstić information content (AvgIpc) is 3.47. The third-order valence-electron chi connectivity index (χ3n) is 5.41. The summed E-state index contributed by atoms with van der Waals surface area (Å²) in [6, 6.07) is 12.9. The number of aromatic hydroxyl groups is 1. The summed E-state index contributed by atoms with van der Waals surface area (Å²) >= 11 is 2.57. The van der Waals surface area contributed by atoms with Crippen LogP contribution in [0.25, 0.3) is 10.2 Å². The number of phenolic OH excluding ortho intramolecular Hbond substituents is 1. The predicted molar refractivity (Wildman–Crippen MR) is 126 cm³/mol. The van der Waals surface area contributed by atoms with Gasteiger partial charge in [0, 0.05) is 0 Å². The van der Waals surface area contributed by atoms with Crippen LogP contribution in [-0.2, 0) is 4.79 Å². The molecule has 2 aromatic heterocycles. The van der Waals surface area contributed by atoms with Crippen molar-refractivity contribution >= 4 is 49.7 Å². The summed E-state index contributed by atoms with van der Waals surface area (Å²) in [6.45, 7) is 3.95. The van der Waals surface area contributed by atoms with Crippen LogP contribution >= 0.6 is 22.7 Å². The van der Waals surface area contributed by atoms with E-state index in [1.807, 2.05) is 26.0 Å². The number of carbonyl (C=O) groups excluding carboxylic acids is 2. The first kappa shape index (κ1) is 20.4. The molecule has 0 radical (unpaired) electrons.